The zero-order valence-corrected chi connectivity index (χ0v) is 17.9. The first-order valence-electron chi connectivity index (χ1n) is 10.5. The fraction of sp³-hybridized carbons (Fsp3) is 0.250. The summed E-state index contributed by atoms with van der Waals surface area (Å²) in [5.41, 5.74) is 2.92. The van der Waals surface area contributed by atoms with Crippen LogP contribution >= 0.6 is 11.3 Å². The molecule has 0 spiro atoms. The molecule has 1 aliphatic heterocycles. The summed E-state index contributed by atoms with van der Waals surface area (Å²) in [6.07, 6.45) is 7.11. The molecule has 0 aliphatic carbocycles. The molecular formula is C24H23N5OS. The Morgan fingerprint density at radius 1 is 1.06 bits per heavy atom. The normalized spacial score (nSPS) is 15.2. The zero-order chi connectivity index (χ0) is 21.0. The van der Waals surface area contributed by atoms with Crippen molar-refractivity contribution in [1.29, 1.82) is 0 Å². The van der Waals surface area contributed by atoms with Crippen LogP contribution in [0.4, 0.5) is 0 Å². The largest absolute Gasteiger partial charge is 0.339 e. The molecule has 5 rings (SSSR count). The van der Waals surface area contributed by atoms with Crippen LogP contribution in [-0.4, -0.2) is 43.9 Å². The summed E-state index contributed by atoms with van der Waals surface area (Å²) in [5, 5.41) is 9.49. The fourth-order valence-corrected chi connectivity index (χ4v) is 5.05. The molecule has 0 saturated carbocycles. The highest BCUT2D eigenvalue weighted by molar-refractivity contribution is 7.18. The van der Waals surface area contributed by atoms with Crippen LogP contribution < -0.4 is 0 Å². The van der Waals surface area contributed by atoms with E-state index in [1.807, 2.05) is 35.4 Å². The van der Waals surface area contributed by atoms with Crippen LogP contribution in [0.15, 0.2) is 66.9 Å². The molecule has 6 nitrogen and oxygen atoms in total. The number of carbonyl (C=O) groups excluding carboxylic acids is 1. The van der Waals surface area contributed by atoms with Gasteiger partial charge < -0.3 is 4.90 Å². The quantitative estimate of drug-likeness (QED) is 0.442. The Morgan fingerprint density at radius 2 is 1.84 bits per heavy atom. The average Bonchev–Trinajstić information content (AvgIpc) is 3.45. The molecule has 2 aromatic carbocycles. The predicted octanol–water partition coefficient (Wildman–Crippen LogP) is 4.36. The van der Waals surface area contributed by atoms with Gasteiger partial charge in [0.1, 0.15) is 5.69 Å². The number of hydrogen-bond donors (Lipinski definition) is 0. The Balaban J connectivity index is 1.16. The number of likely N-dealkylation sites (tertiary alicyclic amines) is 1. The Bertz CT molecular complexity index is 1170. The molecule has 7 heteroatoms. The van der Waals surface area contributed by atoms with Gasteiger partial charge in [0.2, 0.25) is 5.91 Å². The van der Waals surface area contributed by atoms with E-state index in [1.54, 1.807) is 28.2 Å². The summed E-state index contributed by atoms with van der Waals surface area (Å²) < 4.78 is 3.02. The molecular weight excluding hydrogens is 406 g/mol. The molecule has 156 valence electrons. The van der Waals surface area contributed by atoms with E-state index in [9.17, 15) is 4.79 Å². The molecule has 0 atom stereocenters. The third-order valence-corrected chi connectivity index (χ3v) is 6.81. The van der Waals surface area contributed by atoms with Crippen molar-refractivity contribution < 1.29 is 4.79 Å². The van der Waals surface area contributed by atoms with Crippen molar-refractivity contribution >= 4 is 33.5 Å². The molecule has 1 saturated heterocycles. The second-order valence-electron chi connectivity index (χ2n) is 7.78. The maximum absolute atomic E-state index is 12.6. The summed E-state index contributed by atoms with van der Waals surface area (Å²) in [7, 11) is 0. The van der Waals surface area contributed by atoms with E-state index in [0.29, 0.717) is 18.2 Å². The molecule has 1 amide bonds. The van der Waals surface area contributed by atoms with Gasteiger partial charge in [-0.05, 0) is 36.6 Å². The fourth-order valence-electron chi connectivity index (χ4n) is 3.91. The third-order valence-electron chi connectivity index (χ3n) is 5.61. The number of piperidine rings is 1. The maximum Gasteiger partial charge on any atom is 0.246 e. The highest BCUT2D eigenvalue weighted by atomic mass is 32.1. The number of benzene rings is 2. The monoisotopic (exact) mass is 429 g/mol. The topological polar surface area (TPSA) is 63.9 Å². The first kappa shape index (κ1) is 19.6. The number of amides is 1. The summed E-state index contributed by atoms with van der Waals surface area (Å²) >= 11 is 1.78. The molecule has 3 heterocycles. The van der Waals surface area contributed by atoms with E-state index in [4.69, 9.17) is 4.98 Å². The van der Waals surface area contributed by atoms with Crippen LogP contribution in [0.2, 0.25) is 0 Å². The lowest BCUT2D eigenvalue weighted by Crippen LogP contribution is -2.36. The Hall–Kier alpha value is -3.32. The van der Waals surface area contributed by atoms with Crippen LogP contribution in [0.1, 0.15) is 35.0 Å². The van der Waals surface area contributed by atoms with Crippen molar-refractivity contribution in [2.75, 3.05) is 13.1 Å². The van der Waals surface area contributed by atoms with Gasteiger partial charge in [-0.25, -0.2) is 9.67 Å². The van der Waals surface area contributed by atoms with E-state index in [2.05, 4.69) is 40.6 Å². The number of thiazole rings is 1. The lowest BCUT2D eigenvalue weighted by atomic mass is 9.97. The van der Waals surface area contributed by atoms with Crippen LogP contribution in [0, 0.1) is 0 Å². The smallest absolute Gasteiger partial charge is 0.246 e. The highest BCUT2D eigenvalue weighted by Gasteiger charge is 2.25. The van der Waals surface area contributed by atoms with E-state index < -0.39 is 0 Å². The van der Waals surface area contributed by atoms with Gasteiger partial charge in [0, 0.05) is 25.1 Å². The number of nitrogens with zero attached hydrogens (tertiary/aromatic N) is 5. The molecule has 0 radical (unpaired) electrons. The van der Waals surface area contributed by atoms with E-state index in [1.165, 1.54) is 9.71 Å². The minimum absolute atomic E-state index is 0.0281. The number of fused-ring (bicyclic) bond motifs is 1. The summed E-state index contributed by atoms with van der Waals surface area (Å²) in [6.45, 7) is 2.17. The van der Waals surface area contributed by atoms with Gasteiger partial charge in [0.05, 0.1) is 28.0 Å². The number of hydrogen-bond acceptors (Lipinski definition) is 5. The molecule has 4 aromatic rings. The SMILES string of the molecule is O=C(/C=C/c1cn(Cc2ccccc2)nn1)N1CCC(c2nc3ccccc3s2)CC1. The van der Waals surface area contributed by atoms with E-state index in [-0.39, 0.29) is 5.91 Å². The van der Waals surface area contributed by atoms with Gasteiger partial charge in [-0.15, -0.1) is 16.4 Å². The Labute approximate surface area is 184 Å². The lowest BCUT2D eigenvalue weighted by Gasteiger charge is -2.30. The van der Waals surface area contributed by atoms with Gasteiger partial charge in [0.15, 0.2) is 0 Å². The first-order valence-corrected chi connectivity index (χ1v) is 11.3. The first-order chi connectivity index (χ1) is 15.2. The van der Waals surface area contributed by atoms with Gasteiger partial charge >= 0.3 is 0 Å². The van der Waals surface area contributed by atoms with Crippen molar-refractivity contribution in [3.8, 4) is 0 Å². The molecule has 2 aromatic heterocycles. The number of aromatic nitrogens is 4. The number of carbonyl (C=O) groups is 1. The standard InChI is InChI=1S/C24H23N5OS/c30-23(11-10-20-17-29(27-26-20)16-18-6-2-1-3-7-18)28-14-12-19(13-15-28)24-25-21-8-4-5-9-22(21)31-24/h1-11,17,19H,12-16H2/b11-10+. The van der Waals surface area contributed by atoms with Gasteiger partial charge in [0.25, 0.3) is 0 Å². The molecule has 0 N–H and O–H groups in total. The molecule has 0 bridgehead atoms. The van der Waals surface area contributed by atoms with Crippen molar-refractivity contribution in [3.05, 3.63) is 83.1 Å². The van der Waals surface area contributed by atoms with E-state index >= 15 is 0 Å². The minimum Gasteiger partial charge on any atom is -0.339 e. The second kappa shape index (κ2) is 8.81. The average molecular weight is 430 g/mol. The van der Waals surface area contributed by atoms with Gasteiger partial charge in [-0.1, -0.05) is 47.7 Å². The molecule has 31 heavy (non-hydrogen) atoms. The van der Waals surface area contributed by atoms with Crippen LogP contribution in [0.25, 0.3) is 16.3 Å². The van der Waals surface area contributed by atoms with Crippen molar-refractivity contribution in [2.45, 2.75) is 25.3 Å². The Kier molecular flexibility index (Phi) is 5.58. The molecule has 1 aliphatic rings. The van der Waals surface area contributed by atoms with E-state index in [0.717, 1.165) is 37.0 Å². The van der Waals surface area contributed by atoms with Crippen LogP contribution in [0.5, 0.6) is 0 Å². The molecule has 1 fully saturated rings. The number of rotatable bonds is 5. The second-order valence-corrected chi connectivity index (χ2v) is 8.84. The summed E-state index contributed by atoms with van der Waals surface area (Å²) in [5.74, 6) is 0.462. The van der Waals surface area contributed by atoms with Crippen molar-refractivity contribution in [2.24, 2.45) is 0 Å². The zero-order valence-electron chi connectivity index (χ0n) is 17.1. The predicted molar refractivity (Wildman–Crippen MR) is 123 cm³/mol. The van der Waals surface area contributed by atoms with Crippen LogP contribution in [0.3, 0.4) is 0 Å². The molecule has 0 unspecified atom stereocenters. The van der Waals surface area contributed by atoms with Crippen LogP contribution in [-0.2, 0) is 11.3 Å². The highest BCUT2D eigenvalue weighted by Crippen LogP contribution is 2.33. The number of para-hydroxylation sites is 1. The minimum atomic E-state index is 0.0281. The lowest BCUT2D eigenvalue weighted by molar-refractivity contribution is -0.126. The summed E-state index contributed by atoms with van der Waals surface area (Å²) in [4.78, 5) is 19.3. The van der Waals surface area contributed by atoms with Crippen molar-refractivity contribution in [1.82, 2.24) is 24.9 Å². The summed E-state index contributed by atoms with van der Waals surface area (Å²) in [6, 6.07) is 18.4. The Morgan fingerprint density at radius 3 is 2.65 bits per heavy atom. The van der Waals surface area contributed by atoms with Gasteiger partial charge in [-0.2, -0.15) is 0 Å². The third kappa shape index (κ3) is 4.56. The maximum atomic E-state index is 12.6. The van der Waals surface area contributed by atoms with Gasteiger partial charge in [-0.3, -0.25) is 4.79 Å². The van der Waals surface area contributed by atoms with Crippen molar-refractivity contribution in [3.63, 3.8) is 0 Å².